The lowest BCUT2D eigenvalue weighted by Gasteiger charge is -2.01. The van der Waals surface area contributed by atoms with Gasteiger partial charge in [-0.25, -0.2) is 4.39 Å². The second-order valence-electron chi connectivity index (χ2n) is 3.37. The van der Waals surface area contributed by atoms with Crippen LogP contribution in [0.15, 0.2) is 36.6 Å². The molecule has 0 fully saturated rings. The predicted octanol–water partition coefficient (Wildman–Crippen LogP) is 1.79. The summed E-state index contributed by atoms with van der Waals surface area (Å²) in [6, 6.07) is 6.04. The summed E-state index contributed by atoms with van der Waals surface area (Å²) in [4.78, 5) is 0. The zero-order chi connectivity index (χ0) is 12.7. The van der Waals surface area contributed by atoms with Gasteiger partial charge in [0.15, 0.2) is 0 Å². The Morgan fingerprint density at radius 3 is 2.53 bits per heavy atom. The van der Waals surface area contributed by atoms with Crippen molar-refractivity contribution in [3.8, 4) is 0 Å². The van der Waals surface area contributed by atoms with Crippen LogP contribution in [0.3, 0.4) is 0 Å². The molecule has 17 heavy (non-hydrogen) atoms. The average Bonchev–Trinajstić information content (AvgIpc) is 2.24. The Balaban J connectivity index is 2.22. The van der Waals surface area contributed by atoms with E-state index in [9.17, 15) is 12.8 Å². The van der Waals surface area contributed by atoms with E-state index < -0.39 is 15.9 Å². The first-order valence-electron chi connectivity index (χ1n) is 4.93. The molecule has 0 heterocycles. The molecule has 0 amide bonds. The van der Waals surface area contributed by atoms with Crippen LogP contribution in [0.4, 0.5) is 4.39 Å². The van der Waals surface area contributed by atoms with Crippen molar-refractivity contribution in [3.63, 3.8) is 0 Å². The van der Waals surface area contributed by atoms with Crippen molar-refractivity contribution in [2.75, 3.05) is 12.4 Å². The molecule has 94 valence electrons. The Kier molecular flexibility index (Phi) is 5.11. The molecule has 0 saturated heterocycles. The third-order valence-corrected chi connectivity index (χ3v) is 2.53. The molecular weight excluding hydrogens is 247 g/mol. The summed E-state index contributed by atoms with van der Waals surface area (Å²) in [5.74, 6) is -0.758. The summed E-state index contributed by atoms with van der Waals surface area (Å²) >= 11 is 0. The van der Waals surface area contributed by atoms with Gasteiger partial charge >= 0.3 is 0 Å². The summed E-state index contributed by atoms with van der Waals surface area (Å²) < 4.78 is 46.6. The van der Waals surface area contributed by atoms with Crippen LogP contribution in [0.5, 0.6) is 0 Å². The Morgan fingerprint density at radius 1 is 1.29 bits per heavy atom. The molecule has 0 spiro atoms. The highest BCUT2D eigenvalue weighted by Gasteiger charge is 1.98. The Labute approximate surface area is 99.5 Å². The maximum absolute atomic E-state index is 12.6. The molecule has 0 aliphatic carbocycles. The van der Waals surface area contributed by atoms with E-state index in [1.807, 2.05) is 0 Å². The van der Waals surface area contributed by atoms with E-state index in [1.165, 1.54) is 24.5 Å². The second-order valence-corrected chi connectivity index (χ2v) is 4.86. The number of benzene rings is 1. The lowest BCUT2D eigenvalue weighted by molar-refractivity contribution is 0.253. The van der Waals surface area contributed by atoms with Crippen LogP contribution in [0.1, 0.15) is 5.56 Å². The van der Waals surface area contributed by atoms with Crippen LogP contribution in [-0.4, -0.2) is 25.3 Å². The van der Waals surface area contributed by atoms with Crippen molar-refractivity contribution in [1.29, 1.82) is 0 Å². The first-order chi connectivity index (χ1) is 7.97. The fourth-order valence-electron chi connectivity index (χ4n) is 1.12. The molecule has 1 rings (SSSR count). The van der Waals surface area contributed by atoms with Gasteiger partial charge in [-0.3, -0.25) is 4.55 Å². The smallest absolute Gasteiger partial charge is 0.268 e. The molecule has 0 saturated carbocycles. The highest BCUT2D eigenvalue weighted by Crippen LogP contribution is 2.03. The van der Waals surface area contributed by atoms with Gasteiger partial charge in [-0.05, 0) is 23.8 Å². The summed E-state index contributed by atoms with van der Waals surface area (Å²) in [7, 11) is -3.98. The number of halogens is 1. The maximum atomic E-state index is 12.6. The van der Waals surface area contributed by atoms with E-state index in [2.05, 4.69) is 0 Å². The molecule has 0 aliphatic rings. The van der Waals surface area contributed by atoms with E-state index in [4.69, 9.17) is 9.29 Å². The van der Waals surface area contributed by atoms with E-state index in [1.54, 1.807) is 12.1 Å². The van der Waals surface area contributed by atoms with Crippen molar-refractivity contribution in [2.24, 2.45) is 0 Å². The van der Waals surface area contributed by atoms with Crippen LogP contribution in [0, 0.1) is 5.82 Å². The molecule has 1 aromatic rings. The van der Waals surface area contributed by atoms with E-state index in [0.717, 1.165) is 5.56 Å². The normalized spacial score (nSPS) is 11.9. The molecule has 0 aromatic heterocycles. The van der Waals surface area contributed by atoms with Crippen molar-refractivity contribution in [1.82, 2.24) is 0 Å². The summed E-state index contributed by atoms with van der Waals surface area (Å²) in [5.41, 5.74) is 0.926. The van der Waals surface area contributed by atoms with Crippen molar-refractivity contribution < 1.29 is 22.1 Å². The lowest BCUT2D eigenvalue weighted by atomic mass is 10.2. The minimum absolute atomic E-state index is 0.289. The average molecular weight is 260 g/mol. The highest BCUT2D eigenvalue weighted by molar-refractivity contribution is 7.85. The Bertz CT molecular complexity index is 465. The number of ether oxygens (including phenoxy) is 1. The SMILES string of the molecule is O=S(=O)(O)CC=COCCc1ccc(F)cc1. The molecule has 0 unspecified atom stereocenters. The van der Waals surface area contributed by atoms with E-state index in [-0.39, 0.29) is 5.82 Å². The van der Waals surface area contributed by atoms with Gasteiger partial charge in [0.2, 0.25) is 0 Å². The summed E-state index contributed by atoms with van der Waals surface area (Å²) in [6.07, 6.45) is 3.02. The number of rotatable bonds is 6. The minimum Gasteiger partial charge on any atom is -0.501 e. The predicted molar refractivity (Wildman–Crippen MR) is 61.6 cm³/mol. The molecule has 4 nitrogen and oxygen atoms in total. The van der Waals surface area contributed by atoms with Crippen molar-refractivity contribution in [3.05, 3.63) is 48.0 Å². The fourth-order valence-corrected chi connectivity index (χ4v) is 1.45. The van der Waals surface area contributed by atoms with Crippen LogP contribution < -0.4 is 0 Å². The third-order valence-electron chi connectivity index (χ3n) is 1.92. The summed E-state index contributed by atoms with van der Waals surface area (Å²) in [6.45, 7) is 0.355. The monoisotopic (exact) mass is 260 g/mol. The summed E-state index contributed by atoms with van der Waals surface area (Å²) in [5, 5.41) is 0. The molecule has 0 atom stereocenters. The molecule has 0 bridgehead atoms. The Hall–Kier alpha value is -1.40. The quantitative estimate of drug-likeness (QED) is 0.481. The number of hydrogen-bond donors (Lipinski definition) is 1. The molecule has 1 N–H and O–H groups in total. The highest BCUT2D eigenvalue weighted by atomic mass is 32.2. The molecule has 0 radical (unpaired) electrons. The van der Waals surface area contributed by atoms with Gasteiger partial charge in [0.05, 0.1) is 18.6 Å². The van der Waals surface area contributed by atoms with E-state index in [0.29, 0.717) is 13.0 Å². The van der Waals surface area contributed by atoms with Gasteiger partial charge in [0, 0.05) is 6.42 Å². The molecule has 1 aromatic carbocycles. The first kappa shape index (κ1) is 13.7. The van der Waals surface area contributed by atoms with E-state index >= 15 is 0 Å². The number of hydrogen-bond acceptors (Lipinski definition) is 3. The van der Waals surface area contributed by atoms with Gasteiger partial charge in [-0.2, -0.15) is 8.42 Å². The third kappa shape index (κ3) is 6.70. The molecular formula is C11H13FO4S. The molecule has 0 aliphatic heterocycles. The van der Waals surface area contributed by atoms with Crippen LogP contribution in [-0.2, 0) is 21.3 Å². The van der Waals surface area contributed by atoms with Crippen LogP contribution in [0.2, 0.25) is 0 Å². The van der Waals surface area contributed by atoms with Crippen LogP contribution in [0.25, 0.3) is 0 Å². The fraction of sp³-hybridized carbons (Fsp3) is 0.273. The van der Waals surface area contributed by atoms with Gasteiger partial charge in [0.1, 0.15) is 5.82 Å². The molecule has 6 heteroatoms. The van der Waals surface area contributed by atoms with Crippen molar-refractivity contribution in [2.45, 2.75) is 6.42 Å². The lowest BCUT2D eigenvalue weighted by Crippen LogP contribution is -2.01. The van der Waals surface area contributed by atoms with Crippen molar-refractivity contribution >= 4 is 10.1 Å². The Morgan fingerprint density at radius 2 is 1.94 bits per heavy atom. The zero-order valence-corrected chi connectivity index (χ0v) is 9.86. The zero-order valence-electron chi connectivity index (χ0n) is 9.04. The topological polar surface area (TPSA) is 63.6 Å². The standard InChI is InChI=1S/C11H13FO4S/c12-11-4-2-10(3-5-11)6-8-16-7-1-9-17(13,14)15/h1-5,7H,6,8-9H2,(H,13,14,15). The van der Waals surface area contributed by atoms with Gasteiger partial charge in [-0.15, -0.1) is 0 Å². The minimum atomic E-state index is -3.98. The largest absolute Gasteiger partial charge is 0.501 e. The van der Waals surface area contributed by atoms with Gasteiger partial charge < -0.3 is 4.74 Å². The van der Waals surface area contributed by atoms with Gasteiger partial charge in [0.25, 0.3) is 10.1 Å². The second kappa shape index (κ2) is 6.36. The van der Waals surface area contributed by atoms with Crippen LogP contribution >= 0.6 is 0 Å². The van der Waals surface area contributed by atoms with Gasteiger partial charge in [-0.1, -0.05) is 12.1 Å². The first-order valence-corrected chi connectivity index (χ1v) is 6.54. The maximum Gasteiger partial charge on any atom is 0.268 e.